The van der Waals surface area contributed by atoms with Crippen LogP contribution in [0.1, 0.15) is 45.0 Å². The number of anilines is 1. The van der Waals surface area contributed by atoms with E-state index in [-0.39, 0.29) is 23.4 Å². The minimum absolute atomic E-state index is 0.0446. The van der Waals surface area contributed by atoms with Gasteiger partial charge < -0.3 is 15.4 Å². The first-order chi connectivity index (χ1) is 11.7. The first-order valence-electron chi connectivity index (χ1n) is 8.10. The van der Waals surface area contributed by atoms with Crippen molar-refractivity contribution < 1.29 is 19.1 Å². The summed E-state index contributed by atoms with van der Waals surface area (Å²) < 4.78 is 4.90. The lowest BCUT2D eigenvalue weighted by Crippen LogP contribution is -2.49. The topological polar surface area (TPSA) is 97.4 Å². The molecule has 0 aliphatic carbocycles. The Bertz CT molecular complexity index is 647. The van der Waals surface area contributed by atoms with Crippen molar-refractivity contribution in [3.05, 3.63) is 23.0 Å². The molecule has 0 aromatic carbocycles. The van der Waals surface area contributed by atoms with E-state index in [0.29, 0.717) is 5.69 Å². The van der Waals surface area contributed by atoms with Gasteiger partial charge in [-0.3, -0.25) is 9.59 Å². The number of pyridine rings is 1. The fourth-order valence-corrected chi connectivity index (χ4v) is 2.21. The van der Waals surface area contributed by atoms with Crippen LogP contribution in [0.15, 0.2) is 12.3 Å². The van der Waals surface area contributed by atoms with Gasteiger partial charge in [-0.05, 0) is 26.8 Å². The van der Waals surface area contributed by atoms with E-state index in [1.54, 1.807) is 20.8 Å². The van der Waals surface area contributed by atoms with Crippen LogP contribution >= 0.6 is 11.6 Å². The summed E-state index contributed by atoms with van der Waals surface area (Å²) in [4.78, 5) is 40.8. The van der Waals surface area contributed by atoms with Crippen molar-refractivity contribution in [2.75, 3.05) is 11.9 Å². The number of ether oxygens (including phenoxy) is 1. The number of aromatic nitrogens is 1. The van der Waals surface area contributed by atoms with E-state index < -0.39 is 29.6 Å². The summed E-state index contributed by atoms with van der Waals surface area (Å²) in [6, 6.07) is 0.193. The summed E-state index contributed by atoms with van der Waals surface area (Å²) in [5, 5.41) is 5.76. The van der Waals surface area contributed by atoms with Gasteiger partial charge in [0.25, 0.3) is 5.91 Å². The molecule has 1 atom stereocenters. The second-order valence-electron chi connectivity index (χ2n) is 6.07. The van der Waals surface area contributed by atoms with Crippen LogP contribution < -0.4 is 10.6 Å². The Kier molecular flexibility index (Phi) is 7.83. The first-order valence-corrected chi connectivity index (χ1v) is 8.48. The number of ketones is 1. The van der Waals surface area contributed by atoms with E-state index in [0.717, 1.165) is 0 Å². The van der Waals surface area contributed by atoms with Crippen LogP contribution in [0, 0.1) is 5.92 Å². The highest BCUT2D eigenvalue weighted by Crippen LogP contribution is 2.20. The maximum atomic E-state index is 12.6. The van der Waals surface area contributed by atoms with Gasteiger partial charge in [-0.1, -0.05) is 25.4 Å². The summed E-state index contributed by atoms with van der Waals surface area (Å²) in [7, 11) is 0. The Morgan fingerprint density at radius 2 is 1.88 bits per heavy atom. The molecule has 1 heterocycles. The van der Waals surface area contributed by atoms with E-state index in [4.69, 9.17) is 16.3 Å². The van der Waals surface area contributed by atoms with E-state index >= 15 is 0 Å². The molecular formula is C17H24ClN3O4. The zero-order valence-corrected chi connectivity index (χ0v) is 15.8. The van der Waals surface area contributed by atoms with E-state index in [1.165, 1.54) is 12.3 Å². The second-order valence-corrected chi connectivity index (χ2v) is 6.45. The zero-order chi connectivity index (χ0) is 19.1. The van der Waals surface area contributed by atoms with Crippen molar-refractivity contribution in [3.63, 3.8) is 0 Å². The molecule has 0 bridgehead atoms. The van der Waals surface area contributed by atoms with Crippen LogP contribution in [0.2, 0.25) is 5.15 Å². The molecule has 7 nitrogen and oxygen atoms in total. The number of nitrogens with one attached hydrogen (secondary N) is 2. The highest BCUT2D eigenvalue weighted by Gasteiger charge is 2.32. The number of nitrogens with zero attached hydrogens (tertiary/aromatic N) is 1. The minimum Gasteiger partial charge on any atom is -0.464 e. The lowest BCUT2D eigenvalue weighted by Gasteiger charge is -2.19. The number of esters is 1. The molecule has 0 saturated heterocycles. The quantitative estimate of drug-likeness (QED) is 0.415. The average Bonchev–Trinajstić information content (AvgIpc) is 2.51. The predicted octanol–water partition coefficient (Wildman–Crippen LogP) is 2.44. The molecule has 0 aliphatic rings. The standard InChI is InChI=1S/C17H24ClN3O4/c1-6-25-17(24)14(15(22)9(2)3)21-16(23)11-8-19-13(18)7-12(11)20-10(4)5/h7-10,14H,6H2,1-5H3,(H,19,20)(H,21,23). The highest BCUT2D eigenvalue weighted by atomic mass is 35.5. The average molecular weight is 370 g/mol. The molecule has 1 rings (SSSR count). The zero-order valence-electron chi connectivity index (χ0n) is 15.1. The van der Waals surface area contributed by atoms with Crippen LogP contribution in [0.3, 0.4) is 0 Å². The largest absolute Gasteiger partial charge is 0.464 e. The predicted molar refractivity (Wildman–Crippen MR) is 95.7 cm³/mol. The fourth-order valence-electron chi connectivity index (χ4n) is 2.06. The van der Waals surface area contributed by atoms with Crippen molar-refractivity contribution in [3.8, 4) is 0 Å². The highest BCUT2D eigenvalue weighted by molar-refractivity contribution is 6.29. The third kappa shape index (κ3) is 6.01. The van der Waals surface area contributed by atoms with Gasteiger partial charge in [0.15, 0.2) is 11.8 Å². The van der Waals surface area contributed by atoms with Crippen LogP contribution in [0.25, 0.3) is 0 Å². The summed E-state index contributed by atoms with van der Waals surface area (Å²) in [5.41, 5.74) is 0.649. The molecule has 0 fully saturated rings. The maximum Gasteiger partial charge on any atom is 0.336 e. The first kappa shape index (κ1) is 20.9. The number of halogens is 1. The molecule has 1 unspecified atom stereocenters. The summed E-state index contributed by atoms with van der Waals surface area (Å²) in [6.07, 6.45) is 1.30. The Morgan fingerprint density at radius 1 is 1.24 bits per heavy atom. The molecular weight excluding hydrogens is 346 g/mol. The fraction of sp³-hybridized carbons (Fsp3) is 0.529. The molecule has 0 radical (unpaired) electrons. The molecule has 1 aromatic rings. The number of rotatable bonds is 8. The van der Waals surface area contributed by atoms with Gasteiger partial charge in [0.05, 0.1) is 17.9 Å². The van der Waals surface area contributed by atoms with E-state index in [1.807, 2.05) is 13.8 Å². The molecule has 0 spiro atoms. The van der Waals surface area contributed by atoms with E-state index in [9.17, 15) is 14.4 Å². The summed E-state index contributed by atoms with van der Waals surface area (Å²) in [5.74, 6) is -2.26. The van der Waals surface area contributed by atoms with Gasteiger partial charge in [-0.2, -0.15) is 0 Å². The third-order valence-electron chi connectivity index (χ3n) is 3.21. The molecule has 0 saturated carbocycles. The van der Waals surface area contributed by atoms with Crippen molar-refractivity contribution >= 4 is 34.9 Å². The summed E-state index contributed by atoms with van der Waals surface area (Å²) >= 11 is 5.88. The van der Waals surface area contributed by atoms with Gasteiger partial charge >= 0.3 is 5.97 Å². The number of hydrogen-bond acceptors (Lipinski definition) is 6. The van der Waals surface area contributed by atoms with Gasteiger partial charge in [-0.15, -0.1) is 0 Å². The number of carbonyl (C=O) groups excluding carboxylic acids is 3. The number of Topliss-reactive ketones (excluding diaryl/α,β-unsaturated/α-hetero) is 1. The lowest BCUT2D eigenvalue weighted by molar-refractivity contribution is -0.149. The number of carbonyl (C=O) groups is 3. The Morgan fingerprint density at radius 3 is 2.40 bits per heavy atom. The monoisotopic (exact) mass is 369 g/mol. The molecule has 138 valence electrons. The maximum absolute atomic E-state index is 12.6. The van der Waals surface area contributed by atoms with Crippen molar-refractivity contribution in [2.24, 2.45) is 5.92 Å². The minimum atomic E-state index is -1.37. The SMILES string of the molecule is CCOC(=O)C(NC(=O)c1cnc(Cl)cc1NC(C)C)C(=O)C(C)C. The van der Waals surface area contributed by atoms with Crippen LogP contribution in [-0.4, -0.2) is 41.3 Å². The van der Waals surface area contributed by atoms with Gasteiger partial charge in [0, 0.05) is 18.2 Å². The molecule has 1 aromatic heterocycles. The molecule has 8 heteroatoms. The Hall–Kier alpha value is -2.15. The lowest BCUT2D eigenvalue weighted by atomic mass is 10.0. The Balaban J connectivity index is 3.11. The van der Waals surface area contributed by atoms with Crippen LogP contribution in [0.4, 0.5) is 5.69 Å². The van der Waals surface area contributed by atoms with Crippen LogP contribution in [0.5, 0.6) is 0 Å². The number of hydrogen-bond donors (Lipinski definition) is 2. The van der Waals surface area contributed by atoms with Crippen molar-refractivity contribution in [2.45, 2.75) is 46.7 Å². The van der Waals surface area contributed by atoms with Gasteiger partial charge in [0.2, 0.25) is 0 Å². The second kappa shape index (κ2) is 9.36. The molecule has 1 amide bonds. The van der Waals surface area contributed by atoms with Crippen molar-refractivity contribution in [1.82, 2.24) is 10.3 Å². The molecule has 25 heavy (non-hydrogen) atoms. The molecule has 0 aliphatic heterocycles. The normalized spacial score (nSPS) is 12.0. The smallest absolute Gasteiger partial charge is 0.336 e. The van der Waals surface area contributed by atoms with Crippen molar-refractivity contribution in [1.29, 1.82) is 0 Å². The summed E-state index contributed by atoms with van der Waals surface area (Å²) in [6.45, 7) is 8.84. The van der Waals surface area contributed by atoms with Crippen LogP contribution in [-0.2, 0) is 14.3 Å². The Labute approximate surface area is 152 Å². The molecule has 2 N–H and O–H groups in total. The number of amides is 1. The van der Waals surface area contributed by atoms with Gasteiger partial charge in [-0.25, -0.2) is 9.78 Å². The van der Waals surface area contributed by atoms with E-state index in [2.05, 4.69) is 15.6 Å². The third-order valence-corrected chi connectivity index (χ3v) is 3.42. The van der Waals surface area contributed by atoms with Gasteiger partial charge in [0.1, 0.15) is 5.15 Å².